The first-order valence-electron chi connectivity index (χ1n) is 8.57. The molecule has 1 saturated heterocycles. The van der Waals surface area contributed by atoms with Crippen LogP contribution in [0.3, 0.4) is 0 Å². The van der Waals surface area contributed by atoms with Crippen molar-refractivity contribution in [3.63, 3.8) is 0 Å². The molecule has 2 atom stereocenters. The third-order valence-corrected chi connectivity index (χ3v) is 5.74. The Labute approximate surface area is 157 Å². The first-order chi connectivity index (χ1) is 12.8. The number of likely N-dealkylation sites (tertiary alicyclic amines) is 1. The van der Waals surface area contributed by atoms with Gasteiger partial charge < -0.3 is 10.0 Å². The van der Waals surface area contributed by atoms with Crippen LogP contribution in [0, 0.1) is 0 Å². The Balaban J connectivity index is 1.49. The van der Waals surface area contributed by atoms with Gasteiger partial charge in [0.2, 0.25) is 5.13 Å². The van der Waals surface area contributed by atoms with Crippen molar-refractivity contribution in [1.29, 1.82) is 0 Å². The third-order valence-electron chi connectivity index (χ3n) is 4.74. The van der Waals surface area contributed by atoms with Crippen molar-refractivity contribution in [2.24, 2.45) is 0 Å². The number of amides is 2. The fourth-order valence-corrected chi connectivity index (χ4v) is 4.09. The van der Waals surface area contributed by atoms with Gasteiger partial charge in [-0.25, -0.2) is 4.79 Å². The number of nitrogens with zero attached hydrogens (tertiary/aromatic N) is 3. The third kappa shape index (κ3) is 3.91. The summed E-state index contributed by atoms with van der Waals surface area (Å²) < 4.78 is 38.2. The quantitative estimate of drug-likeness (QED) is 0.825. The predicted molar refractivity (Wildman–Crippen MR) is 92.4 cm³/mol. The van der Waals surface area contributed by atoms with Crippen LogP contribution < -0.4 is 5.32 Å². The molecule has 4 rings (SSSR count). The number of β-amino-alcohol motifs (C(OH)–C–C–N with tert-alkyl or cyclic N) is 1. The van der Waals surface area contributed by atoms with Crippen LogP contribution >= 0.6 is 11.3 Å². The molecule has 6 nitrogen and oxygen atoms in total. The molecule has 0 radical (unpaired) electrons. The number of anilines is 1. The van der Waals surface area contributed by atoms with E-state index in [2.05, 4.69) is 15.5 Å². The summed E-state index contributed by atoms with van der Waals surface area (Å²) in [5, 5.41) is 22.0. The molecule has 1 aliphatic carbocycles. The number of nitrogens with one attached hydrogen (secondary N) is 1. The molecule has 2 aliphatic rings. The maximum absolute atomic E-state index is 12.7. The zero-order valence-electron chi connectivity index (χ0n) is 14.1. The monoisotopic (exact) mass is 398 g/mol. The van der Waals surface area contributed by atoms with Gasteiger partial charge in [-0.2, -0.15) is 13.2 Å². The SMILES string of the molecule is O=C(Nc1nnc(C2CC2)s1)N1CC(O)CC1c1ccc(C(F)(F)F)cc1. The fraction of sp³-hybridized carbons (Fsp3) is 0.471. The van der Waals surface area contributed by atoms with Gasteiger partial charge in [-0.1, -0.05) is 23.5 Å². The number of aliphatic hydroxyl groups is 1. The van der Waals surface area contributed by atoms with Gasteiger partial charge in [0.05, 0.1) is 17.7 Å². The Kier molecular flexibility index (Phi) is 4.55. The number of carbonyl (C=O) groups excluding carboxylic acids is 1. The molecular weight excluding hydrogens is 381 g/mol. The van der Waals surface area contributed by atoms with Gasteiger partial charge in [0.15, 0.2) is 0 Å². The molecule has 144 valence electrons. The second kappa shape index (κ2) is 6.75. The molecule has 10 heteroatoms. The van der Waals surface area contributed by atoms with E-state index < -0.39 is 29.9 Å². The Morgan fingerprint density at radius 2 is 1.93 bits per heavy atom. The van der Waals surface area contributed by atoms with Crippen molar-refractivity contribution in [2.75, 3.05) is 11.9 Å². The molecule has 2 heterocycles. The lowest BCUT2D eigenvalue weighted by atomic mass is 10.0. The largest absolute Gasteiger partial charge is 0.416 e. The van der Waals surface area contributed by atoms with E-state index in [4.69, 9.17) is 0 Å². The molecule has 2 fully saturated rings. The summed E-state index contributed by atoms with van der Waals surface area (Å²) in [5.74, 6) is 0.432. The topological polar surface area (TPSA) is 78.4 Å². The maximum atomic E-state index is 12.7. The smallest absolute Gasteiger partial charge is 0.391 e. The number of hydrogen-bond acceptors (Lipinski definition) is 5. The summed E-state index contributed by atoms with van der Waals surface area (Å²) in [5.41, 5.74) is -0.201. The van der Waals surface area contributed by atoms with E-state index >= 15 is 0 Å². The predicted octanol–water partition coefficient (Wildman–Crippen LogP) is 3.77. The number of hydrogen-bond donors (Lipinski definition) is 2. The summed E-state index contributed by atoms with van der Waals surface area (Å²) in [6.45, 7) is 0.103. The van der Waals surface area contributed by atoms with E-state index in [9.17, 15) is 23.1 Å². The molecule has 2 aromatic rings. The highest BCUT2D eigenvalue weighted by Crippen LogP contribution is 2.42. The van der Waals surface area contributed by atoms with Crippen molar-refractivity contribution in [3.8, 4) is 0 Å². The number of aromatic nitrogens is 2. The van der Waals surface area contributed by atoms with Crippen LogP contribution in [-0.4, -0.2) is 38.9 Å². The molecule has 2 N–H and O–H groups in total. The van der Waals surface area contributed by atoms with Gasteiger partial charge in [0.1, 0.15) is 5.01 Å². The Hall–Kier alpha value is -2.20. The van der Waals surface area contributed by atoms with Gasteiger partial charge in [-0.3, -0.25) is 5.32 Å². The number of carbonyl (C=O) groups is 1. The number of rotatable bonds is 3. The van der Waals surface area contributed by atoms with Crippen molar-refractivity contribution >= 4 is 22.5 Å². The van der Waals surface area contributed by atoms with Crippen LogP contribution in [0.5, 0.6) is 0 Å². The van der Waals surface area contributed by atoms with E-state index in [1.54, 1.807) is 0 Å². The van der Waals surface area contributed by atoms with E-state index in [1.807, 2.05) is 0 Å². The summed E-state index contributed by atoms with van der Waals surface area (Å²) in [6.07, 6.45) is -2.72. The molecule has 1 aliphatic heterocycles. The van der Waals surface area contributed by atoms with Crippen LogP contribution in [0.4, 0.5) is 23.1 Å². The summed E-state index contributed by atoms with van der Waals surface area (Å²) in [7, 11) is 0. The highest BCUT2D eigenvalue weighted by atomic mass is 32.1. The van der Waals surface area contributed by atoms with Crippen molar-refractivity contribution < 1.29 is 23.1 Å². The second-order valence-corrected chi connectivity index (χ2v) is 7.84. The lowest BCUT2D eigenvalue weighted by Gasteiger charge is -2.24. The zero-order chi connectivity index (χ0) is 19.2. The number of benzene rings is 1. The number of halogens is 3. The van der Waals surface area contributed by atoms with Gasteiger partial charge >= 0.3 is 12.2 Å². The van der Waals surface area contributed by atoms with Crippen molar-refractivity contribution in [3.05, 3.63) is 40.4 Å². The normalized spacial score (nSPS) is 22.9. The number of alkyl halides is 3. The Morgan fingerprint density at radius 1 is 1.22 bits per heavy atom. The minimum atomic E-state index is -4.41. The second-order valence-electron chi connectivity index (χ2n) is 6.83. The molecule has 1 aromatic heterocycles. The molecule has 27 heavy (non-hydrogen) atoms. The number of aliphatic hydroxyl groups excluding tert-OH is 1. The van der Waals surface area contributed by atoms with E-state index in [1.165, 1.54) is 28.4 Å². The molecule has 0 bridgehead atoms. The standard InChI is InChI=1S/C17H17F3N4O2S/c18-17(19,20)11-5-3-9(4-6-11)13-7-12(25)8-24(13)16(26)21-15-23-22-14(27-15)10-1-2-10/h3-6,10,12-13,25H,1-2,7-8H2,(H,21,23,26). The summed E-state index contributed by atoms with van der Waals surface area (Å²) >= 11 is 1.32. The van der Waals surface area contributed by atoms with Gasteiger partial charge in [0.25, 0.3) is 0 Å². The van der Waals surface area contributed by atoms with E-state index in [0.29, 0.717) is 16.6 Å². The molecule has 2 unspecified atom stereocenters. The number of urea groups is 1. The first-order valence-corrected chi connectivity index (χ1v) is 9.39. The summed E-state index contributed by atoms with van der Waals surface area (Å²) in [4.78, 5) is 14.0. The Morgan fingerprint density at radius 3 is 2.56 bits per heavy atom. The molecule has 2 amide bonds. The average molecular weight is 398 g/mol. The van der Waals surface area contributed by atoms with Crippen LogP contribution in [-0.2, 0) is 6.18 Å². The summed E-state index contributed by atoms with van der Waals surface area (Å²) in [6, 6.07) is 3.73. The van der Waals surface area contributed by atoms with Crippen molar-refractivity contribution in [1.82, 2.24) is 15.1 Å². The zero-order valence-corrected chi connectivity index (χ0v) is 14.9. The molecular formula is C17H17F3N4O2S. The highest BCUT2D eigenvalue weighted by Gasteiger charge is 2.37. The van der Waals surface area contributed by atoms with E-state index in [-0.39, 0.29) is 13.0 Å². The van der Waals surface area contributed by atoms with Crippen molar-refractivity contribution in [2.45, 2.75) is 43.5 Å². The fourth-order valence-electron chi connectivity index (χ4n) is 3.19. The maximum Gasteiger partial charge on any atom is 0.416 e. The van der Waals surface area contributed by atoms with Gasteiger partial charge in [-0.15, -0.1) is 10.2 Å². The first kappa shape index (κ1) is 18.2. The van der Waals surface area contributed by atoms with Crippen LogP contribution in [0.25, 0.3) is 0 Å². The minimum absolute atomic E-state index is 0.103. The lowest BCUT2D eigenvalue weighted by molar-refractivity contribution is -0.137. The Bertz CT molecular complexity index is 835. The van der Waals surface area contributed by atoms with Gasteiger partial charge in [-0.05, 0) is 37.0 Å². The molecule has 0 spiro atoms. The van der Waals surface area contributed by atoms with Crippen LogP contribution in [0.15, 0.2) is 24.3 Å². The van der Waals surface area contributed by atoms with Crippen LogP contribution in [0.1, 0.15) is 47.4 Å². The minimum Gasteiger partial charge on any atom is -0.391 e. The molecule has 1 saturated carbocycles. The van der Waals surface area contributed by atoms with Gasteiger partial charge in [0, 0.05) is 12.5 Å². The van der Waals surface area contributed by atoms with E-state index in [0.717, 1.165) is 30.0 Å². The lowest BCUT2D eigenvalue weighted by Crippen LogP contribution is -2.35. The molecule has 1 aromatic carbocycles. The van der Waals surface area contributed by atoms with Crippen LogP contribution in [0.2, 0.25) is 0 Å². The average Bonchev–Trinajstić information content (AvgIpc) is 3.24. The highest BCUT2D eigenvalue weighted by molar-refractivity contribution is 7.15.